The highest BCUT2D eigenvalue weighted by atomic mass is 16.5. The molecule has 0 amide bonds. The lowest BCUT2D eigenvalue weighted by Crippen LogP contribution is -1.92. The minimum Gasteiger partial charge on any atom is -0.424 e. The largest absolute Gasteiger partial charge is 0.424 e. The van der Waals surface area contributed by atoms with E-state index in [0.29, 0.717) is 11.8 Å². The number of aliphatic imine (C=N–C) groups is 1. The second-order valence-corrected chi connectivity index (χ2v) is 4.89. The van der Waals surface area contributed by atoms with Crippen molar-refractivity contribution in [2.75, 3.05) is 0 Å². The molecule has 22 heavy (non-hydrogen) atoms. The molecule has 0 atom stereocenters. The summed E-state index contributed by atoms with van der Waals surface area (Å²) in [7, 11) is 0. The van der Waals surface area contributed by atoms with Crippen molar-refractivity contribution in [3.8, 4) is 22.9 Å². The quantitative estimate of drug-likeness (QED) is 0.739. The van der Waals surface area contributed by atoms with E-state index in [4.69, 9.17) is 4.74 Å². The van der Waals surface area contributed by atoms with Gasteiger partial charge in [-0.3, -0.25) is 0 Å². The van der Waals surface area contributed by atoms with Crippen molar-refractivity contribution < 1.29 is 4.74 Å². The van der Waals surface area contributed by atoms with E-state index in [2.05, 4.69) is 26.0 Å². The van der Waals surface area contributed by atoms with Crippen LogP contribution in [0.15, 0.2) is 60.0 Å². The maximum absolute atomic E-state index is 5.59. The number of fused-ring (bicyclic) bond motifs is 1. The van der Waals surface area contributed by atoms with Gasteiger partial charge >= 0.3 is 6.01 Å². The Morgan fingerprint density at radius 3 is 2.45 bits per heavy atom. The highest BCUT2D eigenvalue weighted by Crippen LogP contribution is 2.27. The Hall–Kier alpha value is -3.08. The first-order chi connectivity index (χ1) is 10.9. The molecule has 0 saturated carbocycles. The topological polar surface area (TPSA) is 60.3 Å². The molecule has 106 valence electrons. The molecular formula is C17H12N4O. The number of nitrogens with zero attached hydrogens (tertiary/aromatic N) is 4. The third-order valence-corrected chi connectivity index (χ3v) is 3.38. The van der Waals surface area contributed by atoms with Gasteiger partial charge < -0.3 is 4.74 Å². The van der Waals surface area contributed by atoms with Gasteiger partial charge in [0, 0.05) is 47.9 Å². The molecule has 0 radical (unpaired) electrons. The lowest BCUT2D eigenvalue weighted by Gasteiger charge is -2.05. The first kappa shape index (κ1) is 12.6. The summed E-state index contributed by atoms with van der Waals surface area (Å²) in [6, 6.07) is 11.9. The Kier molecular flexibility index (Phi) is 3.08. The molecule has 3 aromatic rings. The molecule has 0 saturated heterocycles. The third-order valence-electron chi connectivity index (χ3n) is 3.38. The zero-order chi connectivity index (χ0) is 14.8. The van der Waals surface area contributed by atoms with E-state index >= 15 is 0 Å². The Labute approximate surface area is 127 Å². The van der Waals surface area contributed by atoms with Crippen LogP contribution in [-0.2, 0) is 6.42 Å². The lowest BCUT2D eigenvalue weighted by molar-refractivity contribution is 0.442. The summed E-state index contributed by atoms with van der Waals surface area (Å²) in [6.07, 6.45) is 7.97. The Morgan fingerprint density at radius 1 is 0.864 bits per heavy atom. The van der Waals surface area contributed by atoms with Crippen molar-refractivity contribution in [2.24, 2.45) is 4.99 Å². The van der Waals surface area contributed by atoms with Gasteiger partial charge in [0.25, 0.3) is 0 Å². The number of ether oxygens (including phenoxy) is 1. The Balaban J connectivity index is 1.57. The molecule has 0 fully saturated rings. The van der Waals surface area contributed by atoms with Gasteiger partial charge in [0.05, 0.1) is 0 Å². The smallest absolute Gasteiger partial charge is 0.321 e. The Bertz CT molecular complexity index is 829. The fraction of sp³-hybridized carbons (Fsp3) is 0.0588. The molecule has 5 nitrogen and oxygen atoms in total. The van der Waals surface area contributed by atoms with Crippen LogP contribution in [0.3, 0.4) is 0 Å². The summed E-state index contributed by atoms with van der Waals surface area (Å²) in [5.74, 6) is 1.51. The number of benzene rings is 1. The molecule has 0 spiro atoms. The van der Waals surface area contributed by atoms with E-state index < -0.39 is 0 Å². The minimum absolute atomic E-state index is 0.326. The monoisotopic (exact) mass is 288 g/mol. The molecule has 0 aliphatic carbocycles. The zero-order valence-electron chi connectivity index (χ0n) is 11.7. The average Bonchev–Trinajstić information content (AvgIpc) is 3.04. The van der Waals surface area contributed by atoms with Gasteiger partial charge in [0.15, 0.2) is 5.82 Å². The maximum Gasteiger partial charge on any atom is 0.321 e. The highest BCUT2D eigenvalue weighted by Gasteiger charge is 2.10. The molecule has 5 heteroatoms. The summed E-state index contributed by atoms with van der Waals surface area (Å²) in [6.45, 7) is 0. The molecule has 2 aromatic heterocycles. The van der Waals surface area contributed by atoms with Gasteiger partial charge in [-0.2, -0.15) is 0 Å². The van der Waals surface area contributed by atoms with Crippen molar-refractivity contribution in [2.45, 2.75) is 6.42 Å². The van der Waals surface area contributed by atoms with Crippen molar-refractivity contribution in [3.05, 3.63) is 60.6 Å². The van der Waals surface area contributed by atoms with E-state index in [-0.39, 0.29) is 0 Å². The van der Waals surface area contributed by atoms with Crippen molar-refractivity contribution in [1.82, 2.24) is 15.0 Å². The fourth-order valence-electron chi connectivity index (χ4n) is 2.27. The summed E-state index contributed by atoms with van der Waals surface area (Å²) < 4.78 is 5.59. The molecule has 0 N–H and O–H groups in total. The van der Waals surface area contributed by atoms with E-state index in [9.17, 15) is 0 Å². The summed E-state index contributed by atoms with van der Waals surface area (Å²) >= 11 is 0. The summed E-state index contributed by atoms with van der Waals surface area (Å²) in [5.41, 5.74) is 3.01. The van der Waals surface area contributed by atoms with Crippen LogP contribution in [-0.4, -0.2) is 21.2 Å². The van der Waals surface area contributed by atoms with Gasteiger partial charge in [-0.25, -0.2) is 19.9 Å². The lowest BCUT2D eigenvalue weighted by atomic mass is 10.1. The van der Waals surface area contributed by atoms with Crippen molar-refractivity contribution in [1.29, 1.82) is 0 Å². The highest BCUT2D eigenvalue weighted by molar-refractivity contribution is 5.76. The van der Waals surface area contributed by atoms with E-state index in [1.165, 1.54) is 0 Å². The van der Waals surface area contributed by atoms with Gasteiger partial charge in [-0.15, -0.1) is 0 Å². The van der Waals surface area contributed by atoms with Crippen LogP contribution in [0.25, 0.3) is 11.1 Å². The summed E-state index contributed by atoms with van der Waals surface area (Å²) in [5, 5.41) is 0. The molecular weight excluding hydrogens is 276 g/mol. The predicted molar refractivity (Wildman–Crippen MR) is 83.6 cm³/mol. The second kappa shape index (κ2) is 5.37. The number of para-hydroxylation sites is 1. The first-order valence-corrected chi connectivity index (χ1v) is 6.95. The number of hydrogen-bond acceptors (Lipinski definition) is 5. The standard InChI is InChI=1S/C17H12N4O/c1-2-4-15(5-3-1)22-17-20-10-14(11-21-17)13-8-12-6-7-18-16(12)19-9-13/h1-5,7-11H,6H2. The SMILES string of the molecule is C1=Nc2ncc(-c3cnc(Oc4ccccc4)nc3)cc2C1. The predicted octanol–water partition coefficient (Wildman–Crippen LogP) is 3.59. The van der Waals surface area contributed by atoms with Gasteiger partial charge in [0.2, 0.25) is 0 Å². The van der Waals surface area contributed by atoms with Crippen LogP contribution in [0.4, 0.5) is 5.82 Å². The molecule has 1 aromatic carbocycles. The molecule has 1 aliphatic rings. The van der Waals surface area contributed by atoms with Crippen LogP contribution in [0.1, 0.15) is 5.56 Å². The number of aromatic nitrogens is 3. The van der Waals surface area contributed by atoms with Crippen molar-refractivity contribution in [3.63, 3.8) is 0 Å². The van der Waals surface area contributed by atoms with Crippen LogP contribution in [0.2, 0.25) is 0 Å². The maximum atomic E-state index is 5.59. The zero-order valence-corrected chi connectivity index (χ0v) is 11.7. The number of hydrogen-bond donors (Lipinski definition) is 0. The van der Waals surface area contributed by atoms with E-state index in [1.807, 2.05) is 36.5 Å². The Morgan fingerprint density at radius 2 is 1.64 bits per heavy atom. The fourth-order valence-corrected chi connectivity index (χ4v) is 2.27. The van der Waals surface area contributed by atoms with Crippen LogP contribution < -0.4 is 4.74 Å². The molecule has 4 rings (SSSR count). The number of pyridine rings is 1. The van der Waals surface area contributed by atoms with Crippen LogP contribution in [0, 0.1) is 0 Å². The molecule has 0 unspecified atom stereocenters. The van der Waals surface area contributed by atoms with Gasteiger partial charge in [0.1, 0.15) is 5.75 Å². The normalized spacial score (nSPS) is 12.2. The molecule has 3 heterocycles. The van der Waals surface area contributed by atoms with Gasteiger partial charge in [-0.05, 0) is 18.2 Å². The van der Waals surface area contributed by atoms with Gasteiger partial charge in [-0.1, -0.05) is 18.2 Å². The minimum atomic E-state index is 0.326. The third kappa shape index (κ3) is 2.44. The second-order valence-electron chi connectivity index (χ2n) is 4.89. The molecule has 1 aliphatic heterocycles. The van der Waals surface area contributed by atoms with E-state index in [1.54, 1.807) is 18.6 Å². The average molecular weight is 288 g/mol. The van der Waals surface area contributed by atoms with Crippen LogP contribution in [0.5, 0.6) is 11.8 Å². The molecule has 0 bridgehead atoms. The van der Waals surface area contributed by atoms with E-state index in [0.717, 1.165) is 28.9 Å². The first-order valence-electron chi connectivity index (χ1n) is 6.95. The van der Waals surface area contributed by atoms with Crippen molar-refractivity contribution >= 4 is 12.0 Å². The van der Waals surface area contributed by atoms with Crippen LogP contribution >= 0.6 is 0 Å². The summed E-state index contributed by atoms with van der Waals surface area (Å²) in [4.78, 5) is 17.1. The number of rotatable bonds is 3.